The van der Waals surface area contributed by atoms with E-state index in [1.807, 2.05) is 44.2 Å². The lowest BCUT2D eigenvalue weighted by Crippen LogP contribution is -2.30. The lowest BCUT2D eigenvalue weighted by molar-refractivity contribution is -0.121. The number of carbonyl (C=O) groups is 1. The van der Waals surface area contributed by atoms with Crippen LogP contribution < -0.4 is 5.43 Å². The summed E-state index contributed by atoms with van der Waals surface area (Å²) < 4.78 is 11.8. The van der Waals surface area contributed by atoms with Crippen molar-refractivity contribution in [3.05, 3.63) is 35.9 Å². The van der Waals surface area contributed by atoms with Crippen LogP contribution in [0.25, 0.3) is 5.57 Å². The van der Waals surface area contributed by atoms with Crippen LogP contribution in [0.3, 0.4) is 0 Å². The minimum atomic E-state index is -1.15. The summed E-state index contributed by atoms with van der Waals surface area (Å²) >= 11 is -1.15. The third kappa shape index (κ3) is 4.00. The van der Waals surface area contributed by atoms with Crippen LogP contribution in [0.4, 0.5) is 0 Å². The van der Waals surface area contributed by atoms with Crippen LogP contribution in [-0.2, 0) is 16.0 Å². The predicted molar refractivity (Wildman–Crippen MR) is 89.6 cm³/mol. The molecule has 0 saturated heterocycles. The molecule has 1 aliphatic heterocycles. The molecule has 1 aromatic rings. The molecule has 0 spiro atoms. The number of terminal acetylenes is 1. The fourth-order valence-corrected chi connectivity index (χ4v) is 2.93. The molecule has 1 aromatic carbocycles. The molecule has 0 bridgehead atoms. The minimum absolute atomic E-state index is 0.0531. The highest BCUT2D eigenvalue weighted by atomic mass is 32.2. The Morgan fingerprint density at radius 2 is 2.23 bits per heavy atom. The van der Waals surface area contributed by atoms with Gasteiger partial charge >= 0.3 is 0 Å². The average Bonchev–Trinajstić information content (AvgIpc) is 2.50. The van der Waals surface area contributed by atoms with E-state index in [-0.39, 0.29) is 17.6 Å². The Bertz CT molecular complexity index is 656. The Kier molecular flexibility index (Phi) is 5.42. The first-order chi connectivity index (χ1) is 10.5. The maximum atomic E-state index is 11.8. The highest BCUT2D eigenvalue weighted by molar-refractivity contribution is 7.91. The zero-order valence-electron chi connectivity index (χ0n) is 12.6. The Morgan fingerprint density at radius 1 is 1.55 bits per heavy atom. The number of nitrogens with zero attached hydrogens (tertiary/aromatic N) is 1. The van der Waals surface area contributed by atoms with Crippen molar-refractivity contribution in [1.82, 2.24) is 5.43 Å². The number of carbonyl (C=O) groups excluding carboxylic acids is 1. The first kappa shape index (κ1) is 16.3. The summed E-state index contributed by atoms with van der Waals surface area (Å²) in [5, 5.41) is 4.10. The molecule has 2 atom stereocenters. The molecule has 2 rings (SSSR count). The topological polar surface area (TPSA) is 64.5 Å². The van der Waals surface area contributed by atoms with E-state index in [1.165, 1.54) is 0 Å². The van der Waals surface area contributed by atoms with E-state index in [2.05, 4.69) is 16.4 Å². The van der Waals surface area contributed by atoms with Crippen LogP contribution >= 0.6 is 0 Å². The number of benzene rings is 1. The second-order valence-electron chi connectivity index (χ2n) is 5.22. The summed E-state index contributed by atoms with van der Waals surface area (Å²) in [5.74, 6) is 2.68. The fourth-order valence-electron chi connectivity index (χ4n) is 2.17. The molecule has 0 saturated carbocycles. The van der Waals surface area contributed by atoms with E-state index in [1.54, 1.807) is 0 Å². The predicted octanol–water partition coefficient (Wildman–Crippen LogP) is 2.34. The van der Waals surface area contributed by atoms with Crippen LogP contribution in [0, 0.1) is 18.3 Å². The summed E-state index contributed by atoms with van der Waals surface area (Å²) in [5.41, 5.74) is 5.42. The third-order valence-corrected chi connectivity index (χ3v) is 4.68. The van der Waals surface area contributed by atoms with E-state index >= 15 is 0 Å². The van der Waals surface area contributed by atoms with Gasteiger partial charge in [0, 0.05) is 12.3 Å². The zero-order chi connectivity index (χ0) is 16.1. The zero-order valence-corrected chi connectivity index (χ0v) is 13.4. The minimum Gasteiger partial charge on any atom is -0.611 e. The molecule has 0 fully saturated rings. The fraction of sp³-hybridized carbons (Fsp3) is 0.294. The molecule has 114 valence electrons. The number of amides is 1. The molecule has 0 aromatic heterocycles. The van der Waals surface area contributed by atoms with Crippen LogP contribution in [0.2, 0.25) is 0 Å². The largest absolute Gasteiger partial charge is 0.611 e. The van der Waals surface area contributed by atoms with Crippen molar-refractivity contribution in [2.45, 2.75) is 25.2 Å². The molecule has 1 heterocycles. The van der Waals surface area contributed by atoms with Gasteiger partial charge in [-0.3, -0.25) is 4.79 Å². The van der Waals surface area contributed by atoms with Crippen LogP contribution in [0.15, 0.2) is 40.3 Å². The van der Waals surface area contributed by atoms with Crippen molar-refractivity contribution in [2.24, 2.45) is 11.0 Å². The van der Waals surface area contributed by atoms with Gasteiger partial charge in [-0.25, -0.2) is 5.43 Å². The van der Waals surface area contributed by atoms with E-state index in [4.69, 9.17) is 6.42 Å². The molecular weight excluding hydrogens is 296 g/mol. The van der Waals surface area contributed by atoms with Crippen LogP contribution in [0.5, 0.6) is 0 Å². The number of allylic oxidation sites excluding steroid dienone is 2. The summed E-state index contributed by atoms with van der Waals surface area (Å²) in [6.45, 7) is 3.96. The smallest absolute Gasteiger partial charge is 0.240 e. The SMILES string of the molecule is C#CC[S+]([O-])c1ccc(C(C)=CC2=NNC(=O)CC2C)cc1. The molecule has 2 unspecified atom stereocenters. The molecular formula is C17H18N2O2S. The molecule has 1 amide bonds. The van der Waals surface area contributed by atoms with Gasteiger partial charge in [-0.2, -0.15) is 5.10 Å². The number of nitrogens with one attached hydrogen (secondary N) is 1. The van der Waals surface area contributed by atoms with E-state index in [0.717, 1.165) is 21.7 Å². The number of rotatable bonds is 4. The van der Waals surface area contributed by atoms with Gasteiger partial charge < -0.3 is 4.55 Å². The molecule has 22 heavy (non-hydrogen) atoms. The van der Waals surface area contributed by atoms with Crippen molar-refractivity contribution < 1.29 is 9.35 Å². The van der Waals surface area contributed by atoms with E-state index < -0.39 is 11.2 Å². The lowest BCUT2D eigenvalue weighted by Gasteiger charge is -2.17. The highest BCUT2D eigenvalue weighted by Crippen LogP contribution is 2.20. The van der Waals surface area contributed by atoms with Gasteiger partial charge in [0.25, 0.3) is 0 Å². The standard InChI is InChI=1S/C17H18N2O2S/c1-4-9-22(21)15-7-5-14(6-8-15)12(2)10-16-13(3)11-17(20)19-18-16/h1,5-8,10,13H,9,11H2,2-3H3,(H,19,20). The van der Waals surface area contributed by atoms with E-state index in [9.17, 15) is 9.35 Å². The van der Waals surface area contributed by atoms with Crippen molar-refractivity contribution in [3.8, 4) is 12.3 Å². The summed E-state index contributed by atoms with van der Waals surface area (Å²) in [6.07, 6.45) is 7.60. The molecule has 1 aliphatic rings. The maximum Gasteiger partial charge on any atom is 0.240 e. The summed E-state index contributed by atoms with van der Waals surface area (Å²) in [6, 6.07) is 7.49. The van der Waals surface area contributed by atoms with Crippen LogP contribution in [-0.4, -0.2) is 21.9 Å². The first-order valence-corrected chi connectivity index (χ1v) is 8.30. The monoisotopic (exact) mass is 314 g/mol. The van der Waals surface area contributed by atoms with E-state index in [0.29, 0.717) is 6.42 Å². The van der Waals surface area contributed by atoms with Gasteiger partial charge in [-0.15, -0.1) is 6.42 Å². The highest BCUT2D eigenvalue weighted by Gasteiger charge is 2.18. The second kappa shape index (κ2) is 7.30. The number of hydrogen-bond donors (Lipinski definition) is 1. The lowest BCUT2D eigenvalue weighted by atomic mass is 9.96. The maximum absolute atomic E-state index is 11.8. The Balaban J connectivity index is 2.16. The summed E-state index contributed by atoms with van der Waals surface area (Å²) in [7, 11) is 0. The van der Waals surface area contributed by atoms with Crippen molar-refractivity contribution in [3.63, 3.8) is 0 Å². The molecule has 0 radical (unpaired) electrons. The number of hydrogen-bond acceptors (Lipinski definition) is 3. The molecule has 4 nitrogen and oxygen atoms in total. The van der Waals surface area contributed by atoms with Crippen LogP contribution in [0.1, 0.15) is 25.8 Å². The molecule has 0 aliphatic carbocycles. The van der Waals surface area contributed by atoms with Crippen molar-refractivity contribution in [2.75, 3.05) is 5.75 Å². The molecule has 1 N–H and O–H groups in total. The Labute approximate surface area is 133 Å². The quantitative estimate of drug-likeness (QED) is 0.685. The second-order valence-corrected chi connectivity index (χ2v) is 6.67. The van der Waals surface area contributed by atoms with Gasteiger partial charge in [-0.05, 0) is 59.6 Å². The van der Waals surface area contributed by atoms with Gasteiger partial charge in [-0.1, -0.05) is 12.8 Å². The Morgan fingerprint density at radius 3 is 2.82 bits per heavy atom. The average molecular weight is 314 g/mol. The normalized spacial score (nSPS) is 19.9. The summed E-state index contributed by atoms with van der Waals surface area (Å²) in [4.78, 5) is 12.0. The first-order valence-electron chi connectivity index (χ1n) is 6.98. The van der Waals surface area contributed by atoms with Crippen molar-refractivity contribution >= 4 is 28.4 Å². The van der Waals surface area contributed by atoms with Gasteiger partial charge in [0.05, 0.1) is 5.71 Å². The Hall–Kier alpha value is -2.03. The van der Waals surface area contributed by atoms with Gasteiger partial charge in [0.15, 0.2) is 10.6 Å². The van der Waals surface area contributed by atoms with Crippen molar-refractivity contribution in [1.29, 1.82) is 0 Å². The van der Waals surface area contributed by atoms with Gasteiger partial charge in [0.1, 0.15) is 0 Å². The molecule has 5 heteroatoms. The number of hydrazone groups is 1. The third-order valence-electron chi connectivity index (χ3n) is 3.46. The van der Waals surface area contributed by atoms with Gasteiger partial charge in [0.2, 0.25) is 5.91 Å².